The molecule has 1 unspecified atom stereocenters. The van der Waals surface area contributed by atoms with Crippen molar-refractivity contribution >= 4 is 23.2 Å². The molecule has 5 rings (SSSR count). The van der Waals surface area contributed by atoms with Gasteiger partial charge in [-0.1, -0.05) is 30.3 Å². The Bertz CT molecular complexity index is 1110. The van der Waals surface area contributed by atoms with Crippen LogP contribution in [-0.4, -0.2) is 44.0 Å². The van der Waals surface area contributed by atoms with Crippen LogP contribution in [0.1, 0.15) is 32.9 Å². The first kappa shape index (κ1) is 17.0. The number of hydrogen-bond donors (Lipinski definition) is 1. The summed E-state index contributed by atoms with van der Waals surface area (Å²) >= 11 is 6.15. The Kier molecular flexibility index (Phi) is 3.61. The van der Waals surface area contributed by atoms with Crippen molar-refractivity contribution in [1.82, 2.24) is 25.0 Å². The van der Waals surface area contributed by atoms with E-state index in [0.29, 0.717) is 23.7 Å². The van der Waals surface area contributed by atoms with Gasteiger partial charge in [0.1, 0.15) is 5.69 Å². The van der Waals surface area contributed by atoms with E-state index in [9.17, 15) is 4.79 Å². The molecule has 1 atom stereocenters. The molecule has 0 radical (unpaired) electrons. The van der Waals surface area contributed by atoms with E-state index in [1.165, 1.54) is 0 Å². The summed E-state index contributed by atoms with van der Waals surface area (Å²) in [5.41, 5.74) is 4.13. The van der Waals surface area contributed by atoms with Crippen LogP contribution in [0.5, 0.6) is 0 Å². The minimum atomic E-state index is -0.810. The summed E-state index contributed by atoms with van der Waals surface area (Å²) in [7, 11) is 0. The van der Waals surface area contributed by atoms with E-state index in [2.05, 4.69) is 26.7 Å². The number of nitrogens with zero attached hydrogens (tertiary/aromatic N) is 4. The normalized spacial score (nSPS) is 20.4. The molecule has 6 nitrogen and oxygen atoms in total. The van der Waals surface area contributed by atoms with E-state index in [0.717, 1.165) is 28.2 Å². The molecule has 7 heteroatoms. The molecule has 1 fully saturated rings. The van der Waals surface area contributed by atoms with Crippen LogP contribution in [0, 0.1) is 6.92 Å². The average Bonchev–Trinajstić information content (AvgIpc) is 3.37. The highest BCUT2D eigenvalue weighted by Gasteiger charge is 2.58. The van der Waals surface area contributed by atoms with Crippen LogP contribution in [0.2, 0.25) is 5.02 Å². The minimum Gasteiger partial charge on any atom is -0.338 e. The molecule has 140 valence electrons. The Morgan fingerprint density at radius 2 is 2.04 bits per heavy atom. The zero-order chi connectivity index (χ0) is 19.5. The highest BCUT2D eigenvalue weighted by molar-refractivity contribution is 6.30. The number of aromatic amines is 1. The van der Waals surface area contributed by atoms with Crippen LogP contribution in [0.3, 0.4) is 0 Å². The van der Waals surface area contributed by atoms with Gasteiger partial charge >= 0.3 is 0 Å². The molecule has 4 heterocycles. The molecule has 0 spiro atoms. The zero-order valence-electron chi connectivity index (χ0n) is 15.3. The van der Waals surface area contributed by atoms with Gasteiger partial charge in [0.05, 0.1) is 11.3 Å². The Morgan fingerprint density at radius 1 is 1.25 bits per heavy atom. The quantitative estimate of drug-likeness (QED) is 0.743. The highest BCUT2D eigenvalue weighted by atomic mass is 35.5. The third kappa shape index (κ3) is 2.12. The van der Waals surface area contributed by atoms with E-state index in [-0.39, 0.29) is 5.91 Å². The maximum absolute atomic E-state index is 13.2. The number of carbonyl (C=O) groups is 1. The number of aryl methyl sites for hydroxylation is 1. The zero-order valence-corrected chi connectivity index (χ0v) is 16.1. The Morgan fingerprint density at radius 3 is 2.75 bits per heavy atom. The Labute approximate surface area is 167 Å². The topological polar surface area (TPSA) is 65.1 Å². The molecular weight excluding hydrogens is 374 g/mol. The monoisotopic (exact) mass is 391 g/mol. The van der Waals surface area contributed by atoms with Crippen LogP contribution in [0.4, 0.5) is 0 Å². The molecule has 0 aliphatic carbocycles. The lowest BCUT2D eigenvalue weighted by atomic mass is 9.90. The van der Waals surface area contributed by atoms with Gasteiger partial charge in [-0.05, 0) is 31.2 Å². The molecule has 0 saturated carbocycles. The second-order valence-corrected chi connectivity index (χ2v) is 7.53. The largest absolute Gasteiger partial charge is 0.338 e. The standard InChI is InChI=1S/C21H18ClN5O/c1-13-11-19(25-24-13)14(2)26-9-10-27-20(28)17-7-8-23-12-18(17)21(26,27)15-3-5-16(22)6-4-15/h3-8,11-12H,2,9-10H2,1H3,(H,24,25). The fourth-order valence-corrected chi connectivity index (χ4v) is 4.52. The van der Waals surface area contributed by atoms with Gasteiger partial charge in [0.2, 0.25) is 0 Å². The molecule has 28 heavy (non-hydrogen) atoms. The van der Waals surface area contributed by atoms with Crippen LogP contribution in [-0.2, 0) is 5.66 Å². The van der Waals surface area contributed by atoms with E-state index in [1.807, 2.05) is 42.2 Å². The van der Waals surface area contributed by atoms with Crippen LogP contribution >= 0.6 is 11.6 Å². The van der Waals surface area contributed by atoms with Crippen LogP contribution in [0.25, 0.3) is 5.70 Å². The van der Waals surface area contributed by atoms with E-state index >= 15 is 0 Å². The summed E-state index contributed by atoms with van der Waals surface area (Å²) in [5.74, 6) is 0.000795. The maximum Gasteiger partial charge on any atom is 0.256 e. The number of H-pyrrole nitrogens is 1. The lowest BCUT2D eigenvalue weighted by Crippen LogP contribution is -2.48. The minimum absolute atomic E-state index is 0.000795. The average molecular weight is 392 g/mol. The van der Waals surface area contributed by atoms with E-state index < -0.39 is 5.66 Å². The van der Waals surface area contributed by atoms with Gasteiger partial charge in [0.25, 0.3) is 5.91 Å². The second kappa shape index (κ2) is 5.94. The molecule has 3 aromatic rings. The molecule has 1 amide bonds. The van der Waals surface area contributed by atoms with Gasteiger partial charge in [-0.15, -0.1) is 0 Å². The summed E-state index contributed by atoms with van der Waals surface area (Å²) in [6.45, 7) is 7.51. The Balaban J connectivity index is 1.76. The Hall–Kier alpha value is -3.12. The van der Waals surface area contributed by atoms with Gasteiger partial charge in [0.15, 0.2) is 5.66 Å². The highest BCUT2D eigenvalue weighted by Crippen LogP contribution is 2.51. The lowest BCUT2D eigenvalue weighted by molar-refractivity contribution is 0.0586. The third-order valence-electron chi connectivity index (χ3n) is 5.57. The van der Waals surface area contributed by atoms with Crippen molar-refractivity contribution in [2.45, 2.75) is 12.6 Å². The molecule has 2 aliphatic heterocycles. The molecule has 2 aliphatic rings. The summed E-state index contributed by atoms with van der Waals surface area (Å²) < 4.78 is 0. The van der Waals surface area contributed by atoms with Crippen molar-refractivity contribution < 1.29 is 4.79 Å². The van der Waals surface area contributed by atoms with Crippen molar-refractivity contribution in [2.75, 3.05) is 13.1 Å². The summed E-state index contributed by atoms with van der Waals surface area (Å²) in [4.78, 5) is 21.6. The molecular formula is C21H18ClN5O. The number of benzene rings is 1. The number of carbonyl (C=O) groups excluding carboxylic acids is 1. The number of aromatic nitrogens is 3. The second-order valence-electron chi connectivity index (χ2n) is 7.09. The summed E-state index contributed by atoms with van der Waals surface area (Å²) in [5, 5.41) is 8.00. The van der Waals surface area contributed by atoms with Crippen LogP contribution in [0.15, 0.2) is 55.4 Å². The van der Waals surface area contributed by atoms with Gasteiger partial charge in [0, 0.05) is 47.3 Å². The number of halogens is 1. The number of rotatable bonds is 3. The van der Waals surface area contributed by atoms with E-state index in [4.69, 9.17) is 11.6 Å². The number of hydrogen-bond acceptors (Lipinski definition) is 4. The summed E-state index contributed by atoms with van der Waals surface area (Å²) in [6, 6.07) is 11.4. The fraction of sp³-hybridized carbons (Fsp3) is 0.190. The van der Waals surface area contributed by atoms with E-state index in [1.54, 1.807) is 18.5 Å². The van der Waals surface area contributed by atoms with Crippen molar-refractivity contribution in [3.8, 4) is 0 Å². The first-order valence-corrected chi connectivity index (χ1v) is 9.42. The van der Waals surface area contributed by atoms with Crippen LogP contribution < -0.4 is 0 Å². The summed E-state index contributed by atoms with van der Waals surface area (Å²) in [6.07, 6.45) is 3.44. The number of amides is 1. The van der Waals surface area contributed by atoms with Gasteiger partial charge in [-0.2, -0.15) is 5.10 Å². The lowest BCUT2D eigenvalue weighted by Gasteiger charge is -2.42. The smallest absolute Gasteiger partial charge is 0.256 e. The number of pyridine rings is 1. The molecule has 1 aromatic carbocycles. The predicted molar refractivity (Wildman–Crippen MR) is 107 cm³/mol. The molecule has 2 aromatic heterocycles. The fourth-order valence-electron chi connectivity index (χ4n) is 4.40. The third-order valence-corrected chi connectivity index (χ3v) is 5.83. The predicted octanol–water partition coefficient (Wildman–Crippen LogP) is 3.41. The number of fused-ring (bicyclic) bond motifs is 3. The molecule has 0 bridgehead atoms. The van der Waals surface area contributed by atoms with Gasteiger partial charge < -0.3 is 9.80 Å². The van der Waals surface area contributed by atoms with Gasteiger partial charge in [-0.3, -0.25) is 14.9 Å². The first-order valence-electron chi connectivity index (χ1n) is 9.05. The first-order chi connectivity index (χ1) is 13.5. The van der Waals surface area contributed by atoms with Gasteiger partial charge in [-0.25, -0.2) is 0 Å². The molecule has 1 saturated heterocycles. The maximum atomic E-state index is 13.2. The van der Waals surface area contributed by atoms with Crippen molar-refractivity contribution in [3.63, 3.8) is 0 Å². The SMILES string of the molecule is C=C(c1cc(C)[nH]n1)N1CCN2C(=O)c3ccncc3C12c1ccc(Cl)cc1. The number of nitrogens with one attached hydrogen (secondary N) is 1. The van der Waals surface area contributed by atoms with Crippen molar-refractivity contribution in [3.05, 3.63) is 88.5 Å². The van der Waals surface area contributed by atoms with Crippen molar-refractivity contribution in [1.29, 1.82) is 0 Å². The van der Waals surface area contributed by atoms with Crippen molar-refractivity contribution in [2.24, 2.45) is 0 Å². The molecule has 1 N–H and O–H groups in total.